The van der Waals surface area contributed by atoms with Gasteiger partial charge in [0.15, 0.2) is 0 Å². The summed E-state index contributed by atoms with van der Waals surface area (Å²) < 4.78 is 2.23. The molecule has 6 nitrogen and oxygen atoms in total. The van der Waals surface area contributed by atoms with Gasteiger partial charge in [-0.25, -0.2) is 15.0 Å². The SMILES string of the molecule is Cc1nccn1CC1CCCN1c1cc(NCC2CC2)ncn1. The van der Waals surface area contributed by atoms with Gasteiger partial charge in [0.25, 0.3) is 0 Å². The van der Waals surface area contributed by atoms with Crippen LogP contribution < -0.4 is 10.2 Å². The van der Waals surface area contributed by atoms with Crippen LogP contribution in [0.15, 0.2) is 24.8 Å². The summed E-state index contributed by atoms with van der Waals surface area (Å²) in [6.07, 6.45) is 10.7. The molecule has 4 rings (SSSR count). The number of rotatable bonds is 6. The van der Waals surface area contributed by atoms with E-state index in [1.807, 2.05) is 6.20 Å². The second-order valence-corrected chi connectivity index (χ2v) is 6.70. The minimum Gasteiger partial charge on any atom is -0.370 e. The maximum Gasteiger partial charge on any atom is 0.134 e. The van der Waals surface area contributed by atoms with E-state index in [9.17, 15) is 0 Å². The summed E-state index contributed by atoms with van der Waals surface area (Å²) in [6.45, 7) is 5.14. The van der Waals surface area contributed by atoms with E-state index < -0.39 is 0 Å². The summed E-state index contributed by atoms with van der Waals surface area (Å²) in [7, 11) is 0. The van der Waals surface area contributed by atoms with Crippen molar-refractivity contribution >= 4 is 11.6 Å². The predicted octanol–water partition coefficient (Wildman–Crippen LogP) is 2.47. The monoisotopic (exact) mass is 312 g/mol. The zero-order valence-electron chi connectivity index (χ0n) is 13.6. The highest BCUT2D eigenvalue weighted by molar-refractivity contribution is 5.49. The van der Waals surface area contributed by atoms with Crippen LogP contribution >= 0.6 is 0 Å². The lowest BCUT2D eigenvalue weighted by Gasteiger charge is -2.26. The van der Waals surface area contributed by atoms with Crippen LogP contribution in [-0.2, 0) is 6.54 Å². The Morgan fingerprint density at radius 3 is 2.91 bits per heavy atom. The molecule has 1 saturated carbocycles. The minimum absolute atomic E-state index is 0.481. The highest BCUT2D eigenvalue weighted by Gasteiger charge is 2.27. The molecule has 2 aliphatic rings. The Bertz CT molecular complexity index is 663. The van der Waals surface area contributed by atoms with Crippen LogP contribution in [0.4, 0.5) is 11.6 Å². The molecule has 1 N–H and O–H groups in total. The maximum absolute atomic E-state index is 4.52. The van der Waals surface area contributed by atoms with Gasteiger partial charge in [0.1, 0.15) is 23.8 Å². The molecule has 2 aromatic rings. The van der Waals surface area contributed by atoms with Gasteiger partial charge in [-0.2, -0.15) is 0 Å². The molecule has 0 radical (unpaired) electrons. The largest absolute Gasteiger partial charge is 0.370 e. The van der Waals surface area contributed by atoms with Gasteiger partial charge in [-0.1, -0.05) is 0 Å². The smallest absolute Gasteiger partial charge is 0.134 e. The number of aryl methyl sites for hydroxylation is 1. The Hall–Kier alpha value is -2.11. The van der Waals surface area contributed by atoms with E-state index in [0.717, 1.165) is 43.0 Å². The first kappa shape index (κ1) is 14.5. The summed E-state index contributed by atoms with van der Waals surface area (Å²) in [5.74, 6) is 3.91. The Labute approximate surface area is 137 Å². The molecule has 6 heteroatoms. The number of anilines is 2. The average Bonchev–Trinajstić information content (AvgIpc) is 3.15. The molecule has 2 fully saturated rings. The van der Waals surface area contributed by atoms with Crippen molar-refractivity contribution in [1.29, 1.82) is 0 Å². The summed E-state index contributed by atoms with van der Waals surface area (Å²) >= 11 is 0. The third-order valence-corrected chi connectivity index (χ3v) is 4.92. The first-order valence-electron chi connectivity index (χ1n) is 8.60. The fourth-order valence-electron chi connectivity index (χ4n) is 3.32. The summed E-state index contributed by atoms with van der Waals surface area (Å²) in [5, 5.41) is 3.45. The summed E-state index contributed by atoms with van der Waals surface area (Å²) in [6, 6.07) is 2.58. The highest BCUT2D eigenvalue weighted by Crippen LogP contribution is 2.30. The lowest BCUT2D eigenvalue weighted by molar-refractivity contribution is 0.538. The van der Waals surface area contributed by atoms with Gasteiger partial charge in [-0.3, -0.25) is 0 Å². The van der Waals surface area contributed by atoms with E-state index >= 15 is 0 Å². The number of aromatic nitrogens is 4. The van der Waals surface area contributed by atoms with Crippen LogP contribution in [0.1, 0.15) is 31.5 Å². The molecule has 0 spiro atoms. The van der Waals surface area contributed by atoms with Crippen LogP contribution in [0.2, 0.25) is 0 Å². The normalized spacial score (nSPS) is 20.9. The molecular formula is C17H24N6. The van der Waals surface area contributed by atoms with E-state index in [-0.39, 0.29) is 0 Å². The van der Waals surface area contributed by atoms with Crippen molar-refractivity contribution < 1.29 is 0 Å². The number of imidazole rings is 1. The Balaban J connectivity index is 1.46. The third-order valence-electron chi connectivity index (χ3n) is 4.92. The minimum atomic E-state index is 0.481. The molecule has 23 heavy (non-hydrogen) atoms. The number of nitrogens with zero attached hydrogens (tertiary/aromatic N) is 5. The number of hydrogen-bond donors (Lipinski definition) is 1. The molecule has 1 aliphatic carbocycles. The van der Waals surface area contributed by atoms with E-state index in [1.54, 1.807) is 6.33 Å². The molecular weight excluding hydrogens is 288 g/mol. The summed E-state index contributed by atoms with van der Waals surface area (Å²) in [4.78, 5) is 15.6. The second-order valence-electron chi connectivity index (χ2n) is 6.70. The second kappa shape index (κ2) is 6.18. The molecule has 3 heterocycles. The van der Waals surface area contributed by atoms with Gasteiger partial charge in [0, 0.05) is 44.1 Å². The van der Waals surface area contributed by atoms with Crippen molar-refractivity contribution in [3.63, 3.8) is 0 Å². The molecule has 0 aromatic carbocycles. The number of nitrogens with one attached hydrogen (secondary N) is 1. The van der Waals surface area contributed by atoms with E-state index in [2.05, 4.69) is 48.9 Å². The number of hydrogen-bond acceptors (Lipinski definition) is 5. The summed E-state index contributed by atoms with van der Waals surface area (Å²) in [5.41, 5.74) is 0. The van der Waals surface area contributed by atoms with Crippen molar-refractivity contribution in [2.75, 3.05) is 23.3 Å². The average molecular weight is 312 g/mol. The van der Waals surface area contributed by atoms with Crippen LogP contribution in [0.3, 0.4) is 0 Å². The van der Waals surface area contributed by atoms with Gasteiger partial charge >= 0.3 is 0 Å². The first-order chi connectivity index (χ1) is 11.3. The van der Waals surface area contributed by atoms with Crippen molar-refractivity contribution in [3.05, 3.63) is 30.6 Å². The fraction of sp³-hybridized carbons (Fsp3) is 0.588. The molecule has 1 unspecified atom stereocenters. The molecule has 122 valence electrons. The van der Waals surface area contributed by atoms with Gasteiger partial charge in [-0.05, 0) is 38.5 Å². The van der Waals surface area contributed by atoms with Gasteiger partial charge < -0.3 is 14.8 Å². The molecule has 0 bridgehead atoms. The Kier molecular flexibility index (Phi) is 3.89. The van der Waals surface area contributed by atoms with Gasteiger partial charge in [-0.15, -0.1) is 0 Å². The van der Waals surface area contributed by atoms with E-state index in [0.29, 0.717) is 6.04 Å². The lowest BCUT2D eigenvalue weighted by atomic mass is 10.2. The fourth-order valence-corrected chi connectivity index (χ4v) is 3.32. The van der Waals surface area contributed by atoms with Gasteiger partial charge in [0.05, 0.1) is 0 Å². The third kappa shape index (κ3) is 3.30. The zero-order chi connectivity index (χ0) is 15.6. The van der Waals surface area contributed by atoms with Crippen molar-refractivity contribution in [2.24, 2.45) is 5.92 Å². The topological polar surface area (TPSA) is 58.9 Å². The van der Waals surface area contributed by atoms with Crippen molar-refractivity contribution in [1.82, 2.24) is 19.5 Å². The quantitative estimate of drug-likeness (QED) is 0.888. The Morgan fingerprint density at radius 1 is 1.22 bits per heavy atom. The van der Waals surface area contributed by atoms with Crippen LogP contribution in [0.25, 0.3) is 0 Å². The highest BCUT2D eigenvalue weighted by atomic mass is 15.3. The van der Waals surface area contributed by atoms with Crippen LogP contribution in [0, 0.1) is 12.8 Å². The molecule has 2 aromatic heterocycles. The van der Waals surface area contributed by atoms with Gasteiger partial charge in [0.2, 0.25) is 0 Å². The molecule has 1 aliphatic heterocycles. The first-order valence-corrected chi connectivity index (χ1v) is 8.60. The van der Waals surface area contributed by atoms with Crippen LogP contribution in [-0.4, -0.2) is 38.7 Å². The molecule has 1 saturated heterocycles. The Morgan fingerprint density at radius 2 is 2.13 bits per heavy atom. The van der Waals surface area contributed by atoms with Crippen LogP contribution in [0.5, 0.6) is 0 Å². The van der Waals surface area contributed by atoms with Crippen molar-refractivity contribution in [3.8, 4) is 0 Å². The maximum atomic E-state index is 4.52. The molecule has 0 amide bonds. The van der Waals surface area contributed by atoms with E-state index in [4.69, 9.17) is 0 Å². The predicted molar refractivity (Wildman–Crippen MR) is 90.6 cm³/mol. The van der Waals surface area contributed by atoms with Crippen molar-refractivity contribution in [2.45, 2.75) is 45.2 Å². The van der Waals surface area contributed by atoms with E-state index in [1.165, 1.54) is 25.7 Å². The molecule has 1 atom stereocenters. The zero-order valence-corrected chi connectivity index (χ0v) is 13.6. The standard InChI is InChI=1S/C17H24N6/c1-13-18-6-8-22(13)11-15-3-2-7-23(15)17-9-16(20-12-21-17)19-10-14-4-5-14/h6,8-9,12,14-15H,2-5,7,10-11H2,1H3,(H,19,20,21). The lowest BCUT2D eigenvalue weighted by Crippen LogP contribution is -2.33.